The molecule has 2 rings (SSSR count). The summed E-state index contributed by atoms with van der Waals surface area (Å²) in [5.41, 5.74) is 2.46. The van der Waals surface area contributed by atoms with Gasteiger partial charge in [0.25, 0.3) is 0 Å². The van der Waals surface area contributed by atoms with Gasteiger partial charge in [0.1, 0.15) is 5.75 Å². The molecule has 1 atom stereocenters. The standard InChI is InChI=1S/C14H19NO3/c1-3-12(15-9-14(16)17-2)10-4-5-13-11(8-10)6-7-18-13/h4-5,8,12,15H,3,6-7,9H2,1-2H3. The van der Waals surface area contributed by atoms with Crippen molar-refractivity contribution in [2.75, 3.05) is 20.3 Å². The summed E-state index contributed by atoms with van der Waals surface area (Å²) in [6, 6.07) is 6.42. The smallest absolute Gasteiger partial charge is 0.319 e. The molecule has 1 N–H and O–H groups in total. The minimum absolute atomic E-state index is 0.176. The van der Waals surface area contributed by atoms with E-state index < -0.39 is 0 Å². The first-order valence-electron chi connectivity index (χ1n) is 6.30. The molecular formula is C14H19NO3. The van der Waals surface area contributed by atoms with E-state index in [0.29, 0.717) is 0 Å². The van der Waals surface area contributed by atoms with Crippen LogP contribution in [0.3, 0.4) is 0 Å². The summed E-state index contributed by atoms with van der Waals surface area (Å²) in [6.07, 6.45) is 1.90. The summed E-state index contributed by atoms with van der Waals surface area (Å²) >= 11 is 0. The number of hydrogen-bond acceptors (Lipinski definition) is 4. The third-order valence-electron chi connectivity index (χ3n) is 3.24. The second-order valence-electron chi connectivity index (χ2n) is 4.38. The van der Waals surface area contributed by atoms with Gasteiger partial charge in [0.05, 0.1) is 20.3 Å². The molecule has 0 saturated heterocycles. The van der Waals surface area contributed by atoms with Crippen molar-refractivity contribution in [3.63, 3.8) is 0 Å². The maximum absolute atomic E-state index is 11.1. The van der Waals surface area contributed by atoms with Crippen LogP contribution in [0, 0.1) is 0 Å². The molecule has 0 spiro atoms. The fourth-order valence-corrected chi connectivity index (χ4v) is 2.20. The maximum atomic E-state index is 11.1. The number of rotatable bonds is 5. The summed E-state index contributed by atoms with van der Waals surface area (Å²) < 4.78 is 10.1. The molecule has 0 amide bonds. The van der Waals surface area contributed by atoms with Crippen molar-refractivity contribution in [1.82, 2.24) is 5.32 Å². The Morgan fingerprint density at radius 2 is 2.39 bits per heavy atom. The Labute approximate surface area is 107 Å². The van der Waals surface area contributed by atoms with Crippen LogP contribution in [-0.4, -0.2) is 26.2 Å². The molecule has 0 aromatic heterocycles. The average Bonchev–Trinajstić information content (AvgIpc) is 2.86. The van der Waals surface area contributed by atoms with Gasteiger partial charge in [-0.3, -0.25) is 4.79 Å². The Bertz CT molecular complexity index is 431. The first kappa shape index (κ1) is 12.9. The Hall–Kier alpha value is -1.55. The van der Waals surface area contributed by atoms with E-state index in [9.17, 15) is 4.79 Å². The van der Waals surface area contributed by atoms with Gasteiger partial charge < -0.3 is 14.8 Å². The van der Waals surface area contributed by atoms with Crippen molar-refractivity contribution in [1.29, 1.82) is 0 Å². The molecule has 1 aliphatic heterocycles. The van der Waals surface area contributed by atoms with Gasteiger partial charge in [0.2, 0.25) is 0 Å². The van der Waals surface area contributed by atoms with Gasteiger partial charge in [-0.1, -0.05) is 19.1 Å². The van der Waals surface area contributed by atoms with Gasteiger partial charge in [-0.2, -0.15) is 0 Å². The van der Waals surface area contributed by atoms with Crippen LogP contribution in [0.25, 0.3) is 0 Å². The van der Waals surface area contributed by atoms with Crippen molar-refractivity contribution in [3.05, 3.63) is 29.3 Å². The monoisotopic (exact) mass is 249 g/mol. The van der Waals surface area contributed by atoms with E-state index in [4.69, 9.17) is 4.74 Å². The van der Waals surface area contributed by atoms with Gasteiger partial charge >= 0.3 is 5.97 Å². The second-order valence-corrected chi connectivity index (χ2v) is 4.38. The Kier molecular flexibility index (Phi) is 4.20. The molecule has 98 valence electrons. The SMILES string of the molecule is CCC(NCC(=O)OC)c1ccc2c(c1)CCO2. The van der Waals surface area contributed by atoms with E-state index in [0.717, 1.165) is 25.2 Å². The number of carbonyl (C=O) groups excluding carboxylic acids is 1. The lowest BCUT2D eigenvalue weighted by atomic mass is 10.0. The molecule has 1 unspecified atom stereocenters. The number of fused-ring (bicyclic) bond motifs is 1. The first-order valence-corrected chi connectivity index (χ1v) is 6.30. The molecule has 1 heterocycles. The van der Waals surface area contributed by atoms with Crippen molar-refractivity contribution in [2.45, 2.75) is 25.8 Å². The lowest BCUT2D eigenvalue weighted by molar-refractivity contribution is -0.139. The van der Waals surface area contributed by atoms with E-state index >= 15 is 0 Å². The van der Waals surface area contributed by atoms with Crippen LogP contribution >= 0.6 is 0 Å². The van der Waals surface area contributed by atoms with Gasteiger partial charge in [-0.05, 0) is 23.6 Å². The van der Waals surface area contributed by atoms with Crippen LogP contribution in [-0.2, 0) is 16.0 Å². The third-order valence-corrected chi connectivity index (χ3v) is 3.24. The highest BCUT2D eigenvalue weighted by Crippen LogP contribution is 2.28. The highest BCUT2D eigenvalue weighted by atomic mass is 16.5. The van der Waals surface area contributed by atoms with E-state index in [2.05, 4.69) is 29.1 Å². The number of methoxy groups -OCH3 is 1. The van der Waals surface area contributed by atoms with Crippen LogP contribution in [0.1, 0.15) is 30.5 Å². The molecular weight excluding hydrogens is 230 g/mol. The maximum Gasteiger partial charge on any atom is 0.319 e. The van der Waals surface area contributed by atoms with Gasteiger partial charge in [0.15, 0.2) is 0 Å². The molecule has 1 aliphatic rings. The summed E-state index contributed by atoms with van der Waals surface area (Å²) in [6.45, 7) is 3.10. The van der Waals surface area contributed by atoms with Crippen LogP contribution in [0.2, 0.25) is 0 Å². The summed E-state index contributed by atoms with van der Waals surface area (Å²) in [7, 11) is 1.40. The highest BCUT2D eigenvalue weighted by molar-refractivity contribution is 5.71. The zero-order valence-corrected chi connectivity index (χ0v) is 10.9. The zero-order valence-electron chi connectivity index (χ0n) is 10.9. The van der Waals surface area contributed by atoms with Crippen molar-refractivity contribution in [2.24, 2.45) is 0 Å². The fraction of sp³-hybridized carbons (Fsp3) is 0.500. The Balaban J connectivity index is 2.05. The van der Waals surface area contributed by atoms with Crippen molar-refractivity contribution < 1.29 is 14.3 Å². The van der Waals surface area contributed by atoms with Crippen LogP contribution in [0.15, 0.2) is 18.2 Å². The molecule has 1 aromatic rings. The minimum atomic E-state index is -0.238. The first-order chi connectivity index (χ1) is 8.74. The average molecular weight is 249 g/mol. The Morgan fingerprint density at radius 3 is 3.11 bits per heavy atom. The number of hydrogen-bond donors (Lipinski definition) is 1. The van der Waals surface area contributed by atoms with E-state index in [1.165, 1.54) is 18.2 Å². The molecule has 1 aromatic carbocycles. The van der Waals surface area contributed by atoms with Crippen LogP contribution in [0.4, 0.5) is 0 Å². The fourth-order valence-electron chi connectivity index (χ4n) is 2.20. The number of nitrogens with one attached hydrogen (secondary N) is 1. The third kappa shape index (κ3) is 2.82. The second kappa shape index (κ2) is 5.87. The van der Waals surface area contributed by atoms with Gasteiger partial charge in [0, 0.05) is 12.5 Å². The molecule has 0 radical (unpaired) electrons. The number of ether oxygens (including phenoxy) is 2. The van der Waals surface area contributed by atoms with Crippen LogP contribution < -0.4 is 10.1 Å². The molecule has 4 nitrogen and oxygen atoms in total. The summed E-state index contributed by atoms with van der Waals surface area (Å²) in [4.78, 5) is 11.1. The van der Waals surface area contributed by atoms with Gasteiger partial charge in [-0.15, -0.1) is 0 Å². The number of carbonyl (C=O) groups is 1. The predicted octanol–water partition coefficient (Wildman–Crippen LogP) is 1.84. The molecule has 0 fully saturated rings. The predicted molar refractivity (Wildman–Crippen MR) is 68.7 cm³/mol. The van der Waals surface area contributed by atoms with Crippen molar-refractivity contribution in [3.8, 4) is 5.75 Å². The molecule has 0 bridgehead atoms. The highest BCUT2D eigenvalue weighted by Gasteiger charge is 2.16. The summed E-state index contributed by atoms with van der Waals surface area (Å²) in [5.74, 6) is 0.750. The molecule has 18 heavy (non-hydrogen) atoms. The zero-order chi connectivity index (χ0) is 13.0. The lowest BCUT2D eigenvalue weighted by Gasteiger charge is -2.17. The van der Waals surface area contributed by atoms with Crippen molar-refractivity contribution >= 4 is 5.97 Å². The largest absolute Gasteiger partial charge is 0.493 e. The van der Waals surface area contributed by atoms with Gasteiger partial charge in [-0.25, -0.2) is 0 Å². The Morgan fingerprint density at radius 1 is 1.56 bits per heavy atom. The van der Waals surface area contributed by atoms with E-state index in [1.54, 1.807) is 0 Å². The quantitative estimate of drug-likeness (QED) is 0.809. The molecule has 4 heteroatoms. The molecule has 0 aliphatic carbocycles. The van der Waals surface area contributed by atoms with Crippen LogP contribution in [0.5, 0.6) is 5.75 Å². The van der Waals surface area contributed by atoms with E-state index in [-0.39, 0.29) is 18.6 Å². The number of benzene rings is 1. The lowest BCUT2D eigenvalue weighted by Crippen LogP contribution is -2.28. The topological polar surface area (TPSA) is 47.6 Å². The molecule has 0 saturated carbocycles. The normalized spacial score (nSPS) is 14.8. The minimum Gasteiger partial charge on any atom is -0.493 e. The summed E-state index contributed by atoms with van der Waals surface area (Å²) in [5, 5.41) is 3.21. The van der Waals surface area contributed by atoms with E-state index in [1.807, 2.05) is 6.07 Å². The number of esters is 1.